The maximum absolute atomic E-state index is 12.7. The average Bonchev–Trinajstić information content (AvgIpc) is 2.57. The fraction of sp³-hybridized carbons (Fsp3) is 0.389. The molecule has 0 aliphatic heterocycles. The molecule has 0 spiro atoms. The number of para-hydroxylation sites is 1. The highest BCUT2D eigenvalue weighted by Gasteiger charge is 2.16. The van der Waals surface area contributed by atoms with Crippen LogP contribution in [0.1, 0.15) is 22.7 Å². The molecule has 0 unspecified atom stereocenters. The van der Waals surface area contributed by atoms with Gasteiger partial charge in [-0.2, -0.15) is 0 Å². The first-order valence-corrected chi connectivity index (χ1v) is 8.05. The van der Waals surface area contributed by atoms with Gasteiger partial charge in [0.1, 0.15) is 17.3 Å². The molecular weight excluding hydrogens is 302 g/mol. The standard InChI is InChI=1S/C18H25N5O/c1-14-20-16(13-17(21-14)19-11-8-12-22(2)3)18(24)23(4)15-9-6-5-7-10-15/h5-7,9-10,13H,8,11-12H2,1-4H3,(H,19,20,21). The fourth-order valence-corrected chi connectivity index (χ4v) is 2.32. The summed E-state index contributed by atoms with van der Waals surface area (Å²) in [7, 11) is 5.84. The number of amides is 1. The summed E-state index contributed by atoms with van der Waals surface area (Å²) in [6.07, 6.45) is 1.00. The number of nitrogens with zero attached hydrogens (tertiary/aromatic N) is 4. The number of rotatable bonds is 7. The molecule has 24 heavy (non-hydrogen) atoms. The monoisotopic (exact) mass is 327 g/mol. The second-order valence-corrected chi connectivity index (χ2v) is 5.97. The van der Waals surface area contributed by atoms with Gasteiger partial charge in [0.15, 0.2) is 0 Å². The molecule has 0 bridgehead atoms. The topological polar surface area (TPSA) is 61.4 Å². The van der Waals surface area contributed by atoms with E-state index in [1.807, 2.05) is 44.4 Å². The van der Waals surface area contributed by atoms with E-state index in [1.165, 1.54) is 0 Å². The van der Waals surface area contributed by atoms with Crippen LogP contribution in [-0.4, -0.2) is 55.0 Å². The van der Waals surface area contributed by atoms with Gasteiger partial charge in [-0.05, 0) is 46.1 Å². The van der Waals surface area contributed by atoms with Gasteiger partial charge in [-0.3, -0.25) is 4.79 Å². The number of aromatic nitrogens is 2. The smallest absolute Gasteiger partial charge is 0.276 e. The molecule has 0 atom stereocenters. The zero-order valence-corrected chi connectivity index (χ0v) is 14.8. The van der Waals surface area contributed by atoms with Crippen molar-refractivity contribution in [3.05, 3.63) is 47.9 Å². The van der Waals surface area contributed by atoms with E-state index in [0.29, 0.717) is 17.3 Å². The Labute approximate surface area is 143 Å². The zero-order chi connectivity index (χ0) is 17.5. The summed E-state index contributed by atoms with van der Waals surface area (Å²) >= 11 is 0. The lowest BCUT2D eigenvalue weighted by molar-refractivity contribution is 0.0988. The van der Waals surface area contributed by atoms with E-state index in [0.717, 1.165) is 25.2 Å². The van der Waals surface area contributed by atoms with Crippen molar-refractivity contribution in [3.8, 4) is 0 Å². The number of anilines is 2. The molecule has 0 saturated carbocycles. The number of nitrogens with one attached hydrogen (secondary N) is 1. The van der Waals surface area contributed by atoms with Gasteiger partial charge < -0.3 is 15.1 Å². The van der Waals surface area contributed by atoms with Crippen molar-refractivity contribution in [3.63, 3.8) is 0 Å². The van der Waals surface area contributed by atoms with E-state index >= 15 is 0 Å². The molecule has 2 aromatic rings. The second kappa shape index (κ2) is 8.40. The molecule has 6 heteroatoms. The van der Waals surface area contributed by atoms with Crippen LogP contribution in [0.4, 0.5) is 11.5 Å². The van der Waals surface area contributed by atoms with E-state index in [-0.39, 0.29) is 5.91 Å². The fourth-order valence-electron chi connectivity index (χ4n) is 2.32. The molecule has 2 rings (SSSR count). The van der Waals surface area contributed by atoms with E-state index in [2.05, 4.69) is 20.2 Å². The molecule has 6 nitrogen and oxygen atoms in total. The Morgan fingerprint density at radius 3 is 2.50 bits per heavy atom. The number of benzene rings is 1. The molecule has 0 aliphatic rings. The van der Waals surface area contributed by atoms with Crippen molar-refractivity contribution >= 4 is 17.4 Å². The summed E-state index contributed by atoms with van der Waals surface area (Å²) < 4.78 is 0. The molecule has 0 fully saturated rings. The quantitative estimate of drug-likeness (QED) is 0.792. The van der Waals surface area contributed by atoms with Crippen molar-refractivity contribution in [1.82, 2.24) is 14.9 Å². The normalized spacial score (nSPS) is 10.7. The molecule has 1 aromatic heterocycles. The number of carbonyl (C=O) groups excluding carboxylic acids is 1. The van der Waals surface area contributed by atoms with Crippen LogP contribution in [0.3, 0.4) is 0 Å². The third-order valence-electron chi connectivity index (χ3n) is 3.59. The highest BCUT2D eigenvalue weighted by atomic mass is 16.2. The van der Waals surface area contributed by atoms with Gasteiger partial charge in [-0.1, -0.05) is 18.2 Å². The van der Waals surface area contributed by atoms with Crippen molar-refractivity contribution in [2.24, 2.45) is 0 Å². The molecular formula is C18H25N5O. The molecule has 1 N–H and O–H groups in total. The minimum absolute atomic E-state index is 0.150. The molecule has 1 amide bonds. The predicted molar refractivity (Wildman–Crippen MR) is 97.6 cm³/mol. The Bertz CT molecular complexity index is 672. The minimum Gasteiger partial charge on any atom is -0.370 e. The summed E-state index contributed by atoms with van der Waals surface area (Å²) in [5.74, 6) is 1.12. The van der Waals surface area contributed by atoms with E-state index in [9.17, 15) is 4.79 Å². The lowest BCUT2D eigenvalue weighted by atomic mass is 10.2. The van der Waals surface area contributed by atoms with Gasteiger partial charge in [0.2, 0.25) is 0 Å². The Morgan fingerprint density at radius 2 is 1.83 bits per heavy atom. The van der Waals surface area contributed by atoms with Gasteiger partial charge in [-0.25, -0.2) is 9.97 Å². The van der Waals surface area contributed by atoms with Crippen molar-refractivity contribution in [2.75, 3.05) is 44.4 Å². The Hall–Kier alpha value is -2.47. The molecule has 0 radical (unpaired) electrons. The maximum atomic E-state index is 12.7. The first-order valence-electron chi connectivity index (χ1n) is 8.05. The van der Waals surface area contributed by atoms with Gasteiger partial charge in [0.05, 0.1) is 0 Å². The third-order valence-corrected chi connectivity index (χ3v) is 3.59. The van der Waals surface area contributed by atoms with Crippen LogP contribution >= 0.6 is 0 Å². The zero-order valence-electron chi connectivity index (χ0n) is 14.8. The van der Waals surface area contributed by atoms with Crippen LogP contribution < -0.4 is 10.2 Å². The van der Waals surface area contributed by atoms with Gasteiger partial charge >= 0.3 is 0 Å². The van der Waals surface area contributed by atoms with Crippen LogP contribution in [0, 0.1) is 6.92 Å². The summed E-state index contributed by atoms with van der Waals surface area (Å²) in [5.41, 5.74) is 1.23. The summed E-state index contributed by atoms with van der Waals surface area (Å²) in [6.45, 7) is 3.60. The molecule has 0 aliphatic carbocycles. The Balaban J connectivity index is 2.08. The number of hydrogen-bond acceptors (Lipinski definition) is 5. The summed E-state index contributed by atoms with van der Waals surface area (Å²) in [4.78, 5) is 25.0. The van der Waals surface area contributed by atoms with Crippen LogP contribution in [0.15, 0.2) is 36.4 Å². The summed E-state index contributed by atoms with van der Waals surface area (Å²) in [6, 6.07) is 11.2. The van der Waals surface area contributed by atoms with Crippen LogP contribution in [-0.2, 0) is 0 Å². The number of hydrogen-bond donors (Lipinski definition) is 1. The lowest BCUT2D eigenvalue weighted by Crippen LogP contribution is -2.27. The minimum atomic E-state index is -0.150. The van der Waals surface area contributed by atoms with E-state index < -0.39 is 0 Å². The second-order valence-electron chi connectivity index (χ2n) is 5.97. The molecule has 128 valence electrons. The van der Waals surface area contributed by atoms with Gasteiger partial charge in [0, 0.05) is 25.3 Å². The highest BCUT2D eigenvalue weighted by molar-refractivity contribution is 6.04. The van der Waals surface area contributed by atoms with E-state index in [1.54, 1.807) is 24.9 Å². The number of aryl methyl sites for hydroxylation is 1. The van der Waals surface area contributed by atoms with Gasteiger partial charge in [0.25, 0.3) is 5.91 Å². The predicted octanol–water partition coefficient (Wildman–Crippen LogP) is 2.43. The first-order chi connectivity index (χ1) is 11.5. The van der Waals surface area contributed by atoms with Crippen molar-refractivity contribution in [2.45, 2.75) is 13.3 Å². The van der Waals surface area contributed by atoms with Gasteiger partial charge in [-0.15, -0.1) is 0 Å². The largest absolute Gasteiger partial charge is 0.370 e. The molecule has 1 aromatic carbocycles. The SMILES string of the molecule is Cc1nc(NCCCN(C)C)cc(C(=O)N(C)c2ccccc2)n1. The van der Waals surface area contributed by atoms with Crippen LogP contribution in [0.5, 0.6) is 0 Å². The number of carbonyl (C=O) groups is 1. The Kier molecular flexibility index (Phi) is 6.26. The van der Waals surface area contributed by atoms with Crippen molar-refractivity contribution < 1.29 is 4.79 Å². The lowest BCUT2D eigenvalue weighted by Gasteiger charge is -2.17. The maximum Gasteiger partial charge on any atom is 0.276 e. The van der Waals surface area contributed by atoms with Crippen molar-refractivity contribution in [1.29, 1.82) is 0 Å². The van der Waals surface area contributed by atoms with Crippen LogP contribution in [0.2, 0.25) is 0 Å². The third kappa shape index (κ3) is 5.03. The first kappa shape index (κ1) is 17.9. The molecule has 1 heterocycles. The Morgan fingerprint density at radius 1 is 1.12 bits per heavy atom. The highest BCUT2D eigenvalue weighted by Crippen LogP contribution is 2.15. The van der Waals surface area contributed by atoms with Crippen LogP contribution in [0.25, 0.3) is 0 Å². The molecule has 0 saturated heterocycles. The summed E-state index contributed by atoms with van der Waals surface area (Å²) in [5, 5.41) is 3.27. The van der Waals surface area contributed by atoms with E-state index in [4.69, 9.17) is 0 Å². The average molecular weight is 327 g/mol.